The molecule has 1 saturated carbocycles. The van der Waals surface area contributed by atoms with Crippen LogP contribution < -0.4 is 14.2 Å². The van der Waals surface area contributed by atoms with Gasteiger partial charge < -0.3 is 9.47 Å². The lowest BCUT2D eigenvalue weighted by Crippen LogP contribution is -2.40. The lowest BCUT2D eigenvalue weighted by molar-refractivity contribution is -0.122. The van der Waals surface area contributed by atoms with Gasteiger partial charge in [-0.05, 0) is 56.7 Å². The number of nitrogens with zero attached hydrogens (tertiary/aromatic N) is 3. The molecular weight excluding hydrogens is 492 g/mol. The number of benzene rings is 2. The summed E-state index contributed by atoms with van der Waals surface area (Å²) in [4.78, 5) is 26.9. The predicted molar refractivity (Wildman–Crippen MR) is 137 cm³/mol. The van der Waals surface area contributed by atoms with Gasteiger partial charge in [-0.2, -0.15) is 4.98 Å². The lowest BCUT2D eigenvalue weighted by atomic mass is 9.89. The predicted octanol–water partition coefficient (Wildman–Crippen LogP) is 3.59. The van der Waals surface area contributed by atoms with Crippen molar-refractivity contribution in [1.82, 2.24) is 19.7 Å². The van der Waals surface area contributed by atoms with E-state index in [0.717, 1.165) is 11.3 Å². The minimum absolute atomic E-state index is 0.0156. The van der Waals surface area contributed by atoms with E-state index >= 15 is 0 Å². The number of pyridine rings is 1. The topological polar surface area (TPSA) is 120 Å². The second-order valence-corrected chi connectivity index (χ2v) is 10.8. The molecule has 1 amide bonds. The molecule has 2 aromatic heterocycles. The van der Waals surface area contributed by atoms with Gasteiger partial charge in [-0.15, -0.1) is 0 Å². The number of sulfonamides is 1. The van der Waals surface area contributed by atoms with Crippen LogP contribution in [0.25, 0.3) is 10.9 Å². The highest BCUT2D eigenvalue weighted by molar-refractivity contribution is 7.90. The van der Waals surface area contributed by atoms with Crippen molar-refractivity contribution in [3.8, 4) is 11.8 Å². The zero-order chi connectivity index (χ0) is 26.4. The molecule has 1 aliphatic rings. The number of aryl methyl sites for hydroxylation is 2. The van der Waals surface area contributed by atoms with Crippen molar-refractivity contribution < 1.29 is 22.7 Å². The molecule has 190 valence electrons. The second-order valence-electron chi connectivity index (χ2n) is 9.11. The fourth-order valence-corrected chi connectivity index (χ4v) is 6.09. The van der Waals surface area contributed by atoms with Crippen LogP contribution in [-0.2, 0) is 20.2 Å². The number of rotatable bonds is 7. The Bertz CT molecular complexity index is 1640. The SMILES string of the molecule is COc1nccc([C@H]2C[C@@]2(C(=O)NS(=O)(=O)c2cccc3nc(C)ccc23)c2cc(C)ccc2OC)n1. The number of carbonyl (C=O) groups is 1. The molecule has 9 nitrogen and oxygen atoms in total. The molecule has 0 aliphatic heterocycles. The quantitative estimate of drug-likeness (QED) is 0.394. The van der Waals surface area contributed by atoms with E-state index in [1.807, 2.05) is 26.0 Å². The summed E-state index contributed by atoms with van der Waals surface area (Å²) in [5, 5.41) is 0.434. The Balaban J connectivity index is 1.60. The number of methoxy groups -OCH3 is 2. The van der Waals surface area contributed by atoms with Crippen molar-refractivity contribution in [1.29, 1.82) is 0 Å². The van der Waals surface area contributed by atoms with Crippen LogP contribution >= 0.6 is 0 Å². The lowest BCUT2D eigenvalue weighted by Gasteiger charge is -2.21. The van der Waals surface area contributed by atoms with Crippen LogP contribution in [0.15, 0.2) is 65.7 Å². The van der Waals surface area contributed by atoms with Crippen molar-refractivity contribution in [2.24, 2.45) is 0 Å². The van der Waals surface area contributed by atoms with Gasteiger partial charge in [0.25, 0.3) is 10.0 Å². The zero-order valence-corrected chi connectivity index (χ0v) is 21.7. The highest BCUT2D eigenvalue weighted by atomic mass is 32.2. The van der Waals surface area contributed by atoms with Gasteiger partial charge in [0, 0.05) is 28.8 Å². The van der Waals surface area contributed by atoms with Crippen molar-refractivity contribution in [2.75, 3.05) is 14.2 Å². The number of amides is 1. The van der Waals surface area contributed by atoms with Gasteiger partial charge in [0.1, 0.15) is 5.75 Å². The molecule has 1 N–H and O–H groups in total. The fourth-order valence-electron chi connectivity index (χ4n) is 4.84. The summed E-state index contributed by atoms with van der Waals surface area (Å²) in [5.41, 5.74) is 2.16. The van der Waals surface area contributed by atoms with E-state index in [9.17, 15) is 13.2 Å². The third-order valence-electron chi connectivity index (χ3n) is 6.74. The van der Waals surface area contributed by atoms with Gasteiger partial charge in [-0.1, -0.05) is 23.8 Å². The normalized spacial score (nSPS) is 18.9. The van der Waals surface area contributed by atoms with E-state index in [0.29, 0.717) is 34.3 Å². The third-order valence-corrected chi connectivity index (χ3v) is 8.13. The van der Waals surface area contributed by atoms with Crippen LogP contribution in [0.2, 0.25) is 0 Å². The van der Waals surface area contributed by atoms with E-state index in [-0.39, 0.29) is 10.9 Å². The molecule has 0 radical (unpaired) electrons. The summed E-state index contributed by atoms with van der Waals surface area (Å²) in [6.07, 6.45) is 1.89. The van der Waals surface area contributed by atoms with Crippen LogP contribution in [0.1, 0.15) is 34.9 Å². The van der Waals surface area contributed by atoms with Crippen LogP contribution in [-0.4, -0.2) is 43.5 Å². The molecule has 2 atom stereocenters. The second kappa shape index (κ2) is 9.11. The molecule has 0 bridgehead atoms. The standard InChI is InChI=1S/C27H26N4O5S/c1-16-8-11-23(35-3)19(14-16)27(15-20(27)22-12-13-28-26(30-22)36-4)25(32)31-37(33,34)24-7-5-6-21-18(24)10-9-17(2)29-21/h5-14,20H,15H2,1-4H3,(H,31,32)/t20-,27-/m1/s1. The molecule has 1 aliphatic carbocycles. The number of fused-ring (bicyclic) bond motifs is 1. The molecule has 1 fully saturated rings. The van der Waals surface area contributed by atoms with E-state index in [2.05, 4.69) is 19.7 Å². The molecular formula is C27H26N4O5S. The van der Waals surface area contributed by atoms with Gasteiger partial charge in [0.2, 0.25) is 5.91 Å². The van der Waals surface area contributed by atoms with Crippen molar-refractivity contribution in [3.63, 3.8) is 0 Å². The Morgan fingerprint density at radius 1 is 1.03 bits per heavy atom. The summed E-state index contributed by atoms with van der Waals surface area (Å²) in [6.45, 7) is 3.73. The van der Waals surface area contributed by atoms with Gasteiger partial charge in [0.05, 0.1) is 35.7 Å². The Morgan fingerprint density at radius 3 is 2.59 bits per heavy atom. The maximum absolute atomic E-state index is 14.0. The van der Waals surface area contributed by atoms with Crippen LogP contribution in [0.5, 0.6) is 11.8 Å². The highest BCUT2D eigenvalue weighted by Crippen LogP contribution is 2.62. The summed E-state index contributed by atoms with van der Waals surface area (Å²) in [6, 6.07) is 15.6. The number of ether oxygens (including phenoxy) is 2. The molecule has 0 spiro atoms. The number of hydrogen-bond donors (Lipinski definition) is 1. The van der Waals surface area contributed by atoms with Crippen LogP contribution in [0.4, 0.5) is 0 Å². The number of nitrogens with one attached hydrogen (secondary N) is 1. The first-order valence-corrected chi connectivity index (χ1v) is 13.1. The summed E-state index contributed by atoms with van der Waals surface area (Å²) >= 11 is 0. The Morgan fingerprint density at radius 2 is 1.84 bits per heavy atom. The molecule has 5 rings (SSSR count). The molecule has 0 saturated heterocycles. The average Bonchev–Trinajstić information content (AvgIpc) is 3.65. The summed E-state index contributed by atoms with van der Waals surface area (Å²) in [5.74, 6) is -0.574. The third kappa shape index (κ3) is 4.27. The Hall–Kier alpha value is -4.05. The maximum Gasteiger partial charge on any atom is 0.316 e. The molecule has 0 unspecified atom stereocenters. The van der Waals surface area contributed by atoms with Crippen molar-refractivity contribution in [2.45, 2.75) is 36.5 Å². The van der Waals surface area contributed by atoms with Crippen LogP contribution in [0, 0.1) is 13.8 Å². The first kappa shape index (κ1) is 24.6. The maximum atomic E-state index is 14.0. The van der Waals surface area contributed by atoms with Gasteiger partial charge in [-0.3, -0.25) is 9.78 Å². The summed E-state index contributed by atoms with van der Waals surface area (Å²) in [7, 11) is -1.25. The van der Waals surface area contributed by atoms with Crippen molar-refractivity contribution >= 4 is 26.8 Å². The molecule has 10 heteroatoms. The Labute approximate surface area is 214 Å². The zero-order valence-electron chi connectivity index (χ0n) is 20.8. The van der Waals surface area contributed by atoms with E-state index < -0.39 is 27.3 Å². The first-order valence-electron chi connectivity index (χ1n) is 11.7. The van der Waals surface area contributed by atoms with Crippen molar-refractivity contribution in [3.05, 3.63) is 83.3 Å². The Kier molecular flexibility index (Phi) is 6.07. The molecule has 2 aromatic carbocycles. The minimum Gasteiger partial charge on any atom is -0.496 e. The molecule has 2 heterocycles. The van der Waals surface area contributed by atoms with Gasteiger partial charge >= 0.3 is 6.01 Å². The monoisotopic (exact) mass is 518 g/mol. The van der Waals surface area contributed by atoms with Gasteiger partial charge in [0.15, 0.2) is 0 Å². The number of aromatic nitrogens is 3. The minimum atomic E-state index is -4.24. The largest absolute Gasteiger partial charge is 0.496 e. The number of hydrogen-bond acceptors (Lipinski definition) is 8. The number of carbonyl (C=O) groups excluding carboxylic acids is 1. The van der Waals surface area contributed by atoms with E-state index in [1.54, 1.807) is 42.6 Å². The summed E-state index contributed by atoms with van der Waals surface area (Å²) < 4.78 is 40.3. The highest BCUT2D eigenvalue weighted by Gasteiger charge is 2.64. The molecule has 4 aromatic rings. The first-order chi connectivity index (χ1) is 17.7. The fraction of sp³-hybridized carbons (Fsp3) is 0.259. The van der Waals surface area contributed by atoms with Crippen LogP contribution in [0.3, 0.4) is 0 Å². The average molecular weight is 519 g/mol. The van der Waals surface area contributed by atoms with E-state index in [4.69, 9.17) is 9.47 Å². The van der Waals surface area contributed by atoms with Gasteiger partial charge in [-0.25, -0.2) is 18.1 Å². The smallest absolute Gasteiger partial charge is 0.316 e. The molecule has 37 heavy (non-hydrogen) atoms. The van der Waals surface area contributed by atoms with E-state index in [1.165, 1.54) is 20.3 Å².